The van der Waals surface area contributed by atoms with E-state index in [-0.39, 0.29) is 22.8 Å². The van der Waals surface area contributed by atoms with Gasteiger partial charge in [-0.05, 0) is 25.1 Å². The quantitative estimate of drug-likeness (QED) is 0.404. The number of nitrogens with zero attached hydrogens (tertiary/aromatic N) is 2. The van der Waals surface area contributed by atoms with Crippen molar-refractivity contribution < 1.29 is 14.3 Å². The maximum atomic E-state index is 12.4. The molecule has 2 aromatic rings. The molecule has 2 N–H and O–H groups in total. The fourth-order valence-corrected chi connectivity index (χ4v) is 3.91. The lowest BCUT2D eigenvalue weighted by molar-refractivity contribution is -0.113. The van der Waals surface area contributed by atoms with Gasteiger partial charge in [-0.2, -0.15) is 0 Å². The molecule has 0 aliphatic carbocycles. The highest BCUT2D eigenvalue weighted by Gasteiger charge is 2.21. The number of anilines is 1. The van der Waals surface area contributed by atoms with Gasteiger partial charge in [0.25, 0.3) is 5.56 Å². The van der Waals surface area contributed by atoms with Gasteiger partial charge in [-0.25, -0.2) is 9.78 Å². The molecule has 0 fully saturated rings. The third kappa shape index (κ3) is 5.24. The van der Waals surface area contributed by atoms with Crippen molar-refractivity contribution in [2.75, 3.05) is 31.3 Å². The smallest absolute Gasteiger partial charge is 0.339 e. The number of carbonyl (C=O) groups excluding carboxylic acids is 2. The number of para-hydroxylation sites is 1. The minimum atomic E-state index is -0.522. The lowest BCUT2D eigenvalue weighted by atomic mass is 10.1. The Balaban J connectivity index is 1.64. The van der Waals surface area contributed by atoms with Gasteiger partial charge in [0.1, 0.15) is 0 Å². The van der Waals surface area contributed by atoms with Crippen LogP contribution in [0, 0.1) is 0 Å². The molecule has 29 heavy (non-hydrogen) atoms. The molecule has 2 heterocycles. The molecule has 0 unspecified atom stereocenters. The van der Waals surface area contributed by atoms with E-state index < -0.39 is 5.97 Å². The molecule has 0 spiro atoms. The fraction of sp³-hybridized carbons (Fsp3) is 0.400. The third-order valence-electron chi connectivity index (χ3n) is 4.61. The summed E-state index contributed by atoms with van der Waals surface area (Å²) in [4.78, 5) is 46.1. The van der Waals surface area contributed by atoms with Crippen molar-refractivity contribution in [3.05, 3.63) is 51.4 Å². The number of fused-ring (bicyclic) bond motifs is 1. The van der Waals surface area contributed by atoms with E-state index in [0.29, 0.717) is 23.0 Å². The van der Waals surface area contributed by atoms with E-state index in [1.54, 1.807) is 24.3 Å². The van der Waals surface area contributed by atoms with Gasteiger partial charge in [0, 0.05) is 19.5 Å². The Kier molecular flexibility index (Phi) is 7.05. The van der Waals surface area contributed by atoms with Gasteiger partial charge in [0.2, 0.25) is 5.91 Å². The molecule has 154 valence electrons. The molecular weight excluding hydrogens is 392 g/mol. The summed E-state index contributed by atoms with van der Waals surface area (Å²) in [6.45, 7) is 4.57. The standard InChI is InChI=1S/C20H24N4O4S/c1-3-9-24-10-8-16-14(11-24)18(26)23-20(22-16)29-12-17(25)21-15-7-5-4-6-13(15)19(27)28-2/h4-7H,3,8-12H2,1-2H3,(H,21,25)(H,22,23,26). The number of benzene rings is 1. The summed E-state index contributed by atoms with van der Waals surface area (Å²) in [6, 6.07) is 6.63. The van der Waals surface area contributed by atoms with Crippen molar-refractivity contribution in [1.29, 1.82) is 0 Å². The van der Waals surface area contributed by atoms with Crippen LogP contribution >= 0.6 is 11.8 Å². The van der Waals surface area contributed by atoms with E-state index in [1.807, 2.05) is 0 Å². The van der Waals surface area contributed by atoms with Gasteiger partial charge in [0.05, 0.1) is 35.4 Å². The molecule has 0 atom stereocenters. The second-order valence-electron chi connectivity index (χ2n) is 6.70. The molecule has 8 nitrogen and oxygen atoms in total. The van der Waals surface area contributed by atoms with E-state index in [4.69, 9.17) is 4.74 Å². The highest BCUT2D eigenvalue weighted by molar-refractivity contribution is 7.99. The summed E-state index contributed by atoms with van der Waals surface area (Å²) in [6.07, 6.45) is 1.77. The summed E-state index contributed by atoms with van der Waals surface area (Å²) in [5.74, 6) is -0.772. The number of aromatic nitrogens is 2. The number of aromatic amines is 1. The number of esters is 1. The van der Waals surface area contributed by atoms with Crippen LogP contribution in [0.4, 0.5) is 5.69 Å². The molecule has 0 bridgehead atoms. The zero-order valence-corrected chi connectivity index (χ0v) is 17.3. The van der Waals surface area contributed by atoms with E-state index in [9.17, 15) is 14.4 Å². The van der Waals surface area contributed by atoms with Crippen LogP contribution in [0.3, 0.4) is 0 Å². The minimum Gasteiger partial charge on any atom is -0.465 e. The minimum absolute atomic E-state index is 0.0548. The van der Waals surface area contributed by atoms with Crippen LogP contribution in [0.1, 0.15) is 35.0 Å². The molecule has 3 rings (SSSR count). The van der Waals surface area contributed by atoms with E-state index in [2.05, 4.69) is 27.1 Å². The molecule has 0 saturated carbocycles. The number of carbonyl (C=O) groups is 2. The van der Waals surface area contributed by atoms with E-state index >= 15 is 0 Å². The monoisotopic (exact) mass is 416 g/mol. The second kappa shape index (κ2) is 9.71. The SMILES string of the molecule is CCCN1CCc2nc(SCC(=O)Nc3ccccc3C(=O)OC)[nH]c(=O)c2C1. The largest absolute Gasteiger partial charge is 0.465 e. The van der Waals surface area contributed by atoms with Crippen LogP contribution in [-0.4, -0.2) is 52.7 Å². The van der Waals surface area contributed by atoms with Crippen LogP contribution in [0.5, 0.6) is 0 Å². The number of rotatable bonds is 7. The van der Waals surface area contributed by atoms with Crippen LogP contribution in [-0.2, 0) is 22.5 Å². The fourth-order valence-electron chi connectivity index (χ4n) is 3.23. The summed E-state index contributed by atoms with van der Waals surface area (Å²) >= 11 is 1.16. The molecule has 0 saturated heterocycles. The predicted molar refractivity (Wildman–Crippen MR) is 111 cm³/mol. The number of H-pyrrole nitrogens is 1. The first-order valence-corrected chi connectivity index (χ1v) is 10.4. The second-order valence-corrected chi connectivity index (χ2v) is 7.66. The van der Waals surface area contributed by atoms with Crippen LogP contribution < -0.4 is 10.9 Å². The van der Waals surface area contributed by atoms with Crippen molar-refractivity contribution in [3.8, 4) is 0 Å². The number of hydrogen-bond acceptors (Lipinski definition) is 7. The first-order chi connectivity index (χ1) is 14.0. The lowest BCUT2D eigenvalue weighted by Gasteiger charge is -2.27. The molecule has 1 amide bonds. The summed E-state index contributed by atoms with van der Waals surface area (Å²) < 4.78 is 4.73. The number of ether oxygens (including phenoxy) is 1. The number of thioether (sulfide) groups is 1. The Morgan fingerprint density at radius 1 is 1.34 bits per heavy atom. The Hall–Kier alpha value is -2.65. The number of amides is 1. The van der Waals surface area contributed by atoms with Crippen molar-refractivity contribution in [1.82, 2.24) is 14.9 Å². The Bertz CT molecular complexity index is 960. The number of methoxy groups -OCH3 is 1. The molecule has 1 aromatic heterocycles. The molecular formula is C20H24N4O4S. The van der Waals surface area contributed by atoms with Crippen molar-refractivity contribution in [3.63, 3.8) is 0 Å². The average molecular weight is 417 g/mol. The molecule has 0 radical (unpaired) electrons. The molecule has 9 heteroatoms. The maximum Gasteiger partial charge on any atom is 0.339 e. The maximum absolute atomic E-state index is 12.4. The van der Waals surface area contributed by atoms with Crippen molar-refractivity contribution in [2.45, 2.75) is 31.5 Å². The topological polar surface area (TPSA) is 104 Å². The number of hydrogen-bond donors (Lipinski definition) is 2. The zero-order chi connectivity index (χ0) is 20.8. The van der Waals surface area contributed by atoms with Crippen molar-refractivity contribution >= 4 is 29.3 Å². The van der Waals surface area contributed by atoms with Crippen LogP contribution in [0.25, 0.3) is 0 Å². The van der Waals surface area contributed by atoms with Gasteiger partial charge in [-0.1, -0.05) is 30.8 Å². The molecule has 1 aromatic carbocycles. The normalized spacial score (nSPS) is 13.6. The first kappa shape index (κ1) is 21.1. The Labute approximate surface area is 173 Å². The Morgan fingerprint density at radius 2 is 2.14 bits per heavy atom. The summed E-state index contributed by atoms with van der Waals surface area (Å²) in [5.41, 5.74) is 2.04. The first-order valence-electron chi connectivity index (χ1n) is 9.46. The highest BCUT2D eigenvalue weighted by atomic mass is 32.2. The van der Waals surface area contributed by atoms with Crippen LogP contribution in [0.15, 0.2) is 34.2 Å². The molecule has 1 aliphatic rings. The van der Waals surface area contributed by atoms with Crippen molar-refractivity contribution in [2.24, 2.45) is 0 Å². The van der Waals surface area contributed by atoms with Gasteiger partial charge < -0.3 is 15.0 Å². The highest BCUT2D eigenvalue weighted by Crippen LogP contribution is 2.20. The molecule has 1 aliphatic heterocycles. The average Bonchev–Trinajstić information content (AvgIpc) is 2.73. The van der Waals surface area contributed by atoms with Gasteiger partial charge >= 0.3 is 5.97 Å². The van der Waals surface area contributed by atoms with E-state index in [1.165, 1.54) is 7.11 Å². The van der Waals surface area contributed by atoms with Gasteiger partial charge in [0.15, 0.2) is 5.16 Å². The van der Waals surface area contributed by atoms with Gasteiger partial charge in [-0.3, -0.25) is 14.5 Å². The summed E-state index contributed by atoms with van der Waals surface area (Å²) in [5, 5.41) is 3.13. The summed E-state index contributed by atoms with van der Waals surface area (Å²) in [7, 11) is 1.29. The Morgan fingerprint density at radius 3 is 2.90 bits per heavy atom. The van der Waals surface area contributed by atoms with Gasteiger partial charge in [-0.15, -0.1) is 0 Å². The predicted octanol–water partition coefficient (Wildman–Crippen LogP) is 2.06. The lowest BCUT2D eigenvalue weighted by Crippen LogP contribution is -2.36. The number of nitrogens with one attached hydrogen (secondary N) is 2. The van der Waals surface area contributed by atoms with Crippen LogP contribution in [0.2, 0.25) is 0 Å². The third-order valence-corrected chi connectivity index (χ3v) is 5.49. The van der Waals surface area contributed by atoms with E-state index in [0.717, 1.165) is 43.4 Å². The zero-order valence-electron chi connectivity index (χ0n) is 16.5.